The van der Waals surface area contributed by atoms with E-state index in [-0.39, 0.29) is 30.6 Å². The zero-order chi connectivity index (χ0) is 30.7. The van der Waals surface area contributed by atoms with Gasteiger partial charge < -0.3 is 15.2 Å². The molecular weight excluding hydrogens is 592 g/mol. The molecule has 1 atom stereocenters. The number of fused-ring (bicyclic) bond motifs is 1. The SMILES string of the molecule is CCC(c1ccc(C(=O)NCCC(=O)O)cc1)n1nc(-c2cc(Cl)cc(Cl)c2)c(F)c1-c1ccc2cc(OC)ccc2c1. The van der Waals surface area contributed by atoms with E-state index in [1.165, 1.54) is 0 Å². The molecule has 43 heavy (non-hydrogen) atoms. The van der Waals surface area contributed by atoms with Crippen LogP contribution in [0, 0.1) is 5.82 Å². The predicted octanol–water partition coefficient (Wildman–Crippen LogP) is 8.03. The molecule has 2 N–H and O–H groups in total. The average molecular weight is 621 g/mol. The molecule has 220 valence electrons. The van der Waals surface area contributed by atoms with Crippen LogP contribution in [0.1, 0.15) is 41.7 Å². The van der Waals surface area contributed by atoms with Gasteiger partial charge >= 0.3 is 5.97 Å². The molecule has 1 aromatic heterocycles. The van der Waals surface area contributed by atoms with Gasteiger partial charge in [0.05, 0.1) is 19.6 Å². The Kier molecular flexibility index (Phi) is 8.99. The fourth-order valence-electron chi connectivity index (χ4n) is 5.06. The lowest BCUT2D eigenvalue weighted by Gasteiger charge is -2.20. The van der Waals surface area contributed by atoms with E-state index in [1.54, 1.807) is 54.3 Å². The van der Waals surface area contributed by atoms with E-state index >= 15 is 4.39 Å². The number of hydrogen-bond donors (Lipinski definition) is 2. The first-order valence-electron chi connectivity index (χ1n) is 13.6. The largest absolute Gasteiger partial charge is 0.497 e. The standard InChI is InChI=1S/C33H28Cl2FN3O4/c1-3-28(19-4-6-20(7-5-19)33(42)37-13-12-29(40)41)39-32(23-9-8-22-17-27(43-2)11-10-21(22)14-23)30(36)31(38-39)24-15-25(34)18-26(35)16-24/h4-11,14-18,28H,3,12-13H2,1-2H3,(H,37,42)(H,40,41). The summed E-state index contributed by atoms with van der Waals surface area (Å²) in [7, 11) is 1.61. The Morgan fingerprint density at radius 2 is 1.63 bits per heavy atom. The fourth-order valence-corrected chi connectivity index (χ4v) is 5.59. The number of carboxylic acid groups (broad SMARTS) is 1. The van der Waals surface area contributed by atoms with Gasteiger partial charge in [-0.1, -0.05) is 60.5 Å². The van der Waals surface area contributed by atoms with Crippen molar-refractivity contribution < 1.29 is 23.8 Å². The minimum Gasteiger partial charge on any atom is -0.497 e. The van der Waals surface area contributed by atoms with Gasteiger partial charge in [-0.25, -0.2) is 4.39 Å². The smallest absolute Gasteiger partial charge is 0.305 e. The summed E-state index contributed by atoms with van der Waals surface area (Å²) < 4.78 is 23.5. The van der Waals surface area contributed by atoms with E-state index in [9.17, 15) is 9.59 Å². The highest BCUT2D eigenvalue weighted by Crippen LogP contribution is 2.38. The molecule has 1 heterocycles. The minimum absolute atomic E-state index is 0.0261. The third-order valence-electron chi connectivity index (χ3n) is 7.17. The molecule has 4 aromatic carbocycles. The highest BCUT2D eigenvalue weighted by atomic mass is 35.5. The zero-order valence-electron chi connectivity index (χ0n) is 23.4. The summed E-state index contributed by atoms with van der Waals surface area (Å²) in [5, 5.41) is 18.8. The molecular formula is C33H28Cl2FN3O4. The first-order chi connectivity index (χ1) is 20.7. The number of carbonyl (C=O) groups excluding carboxylic acids is 1. The van der Waals surface area contributed by atoms with Gasteiger partial charge in [0.1, 0.15) is 17.1 Å². The summed E-state index contributed by atoms with van der Waals surface area (Å²) in [4.78, 5) is 23.3. The van der Waals surface area contributed by atoms with Crippen LogP contribution >= 0.6 is 23.2 Å². The highest BCUT2D eigenvalue weighted by molar-refractivity contribution is 6.35. The molecule has 0 aliphatic rings. The summed E-state index contributed by atoms with van der Waals surface area (Å²) >= 11 is 12.5. The van der Waals surface area contributed by atoms with Crippen LogP contribution in [0.25, 0.3) is 33.3 Å². The Bertz CT molecular complexity index is 1800. The number of nitrogens with one attached hydrogen (secondary N) is 1. The van der Waals surface area contributed by atoms with Gasteiger partial charge in [-0.15, -0.1) is 0 Å². The van der Waals surface area contributed by atoms with Gasteiger partial charge in [0.2, 0.25) is 0 Å². The molecule has 0 radical (unpaired) electrons. The molecule has 0 saturated heterocycles. The zero-order valence-corrected chi connectivity index (χ0v) is 24.9. The van der Waals surface area contributed by atoms with Gasteiger partial charge in [0.25, 0.3) is 5.91 Å². The Balaban J connectivity index is 1.60. The molecule has 0 saturated carbocycles. The summed E-state index contributed by atoms with van der Waals surface area (Å²) in [6, 6.07) is 22.7. The number of aliphatic carboxylic acids is 1. The van der Waals surface area contributed by atoms with Crippen LogP contribution in [-0.2, 0) is 4.79 Å². The second-order valence-corrected chi connectivity index (χ2v) is 10.9. The molecule has 0 bridgehead atoms. The minimum atomic E-state index is -0.991. The number of hydrogen-bond acceptors (Lipinski definition) is 4. The number of benzene rings is 4. The van der Waals surface area contributed by atoms with Gasteiger partial charge in [-0.05, 0) is 71.3 Å². The van der Waals surface area contributed by atoms with Crippen LogP contribution in [0.15, 0.2) is 78.9 Å². The van der Waals surface area contributed by atoms with Crippen molar-refractivity contribution in [2.24, 2.45) is 0 Å². The normalized spacial score (nSPS) is 11.8. The maximum absolute atomic E-state index is 16.5. The summed E-state index contributed by atoms with van der Waals surface area (Å²) in [6.45, 7) is 2.00. The topological polar surface area (TPSA) is 93.5 Å². The van der Waals surface area contributed by atoms with Crippen molar-refractivity contribution in [3.8, 4) is 28.3 Å². The number of amides is 1. The molecule has 10 heteroatoms. The third-order valence-corrected chi connectivity index (χ3v) is 7.61. The monoisotopic (exact) mass is 619 g/mol. The van der Waals surface area contributed by atoms with Crippen LogP contribution in [0.4, 0.5) is 4.39 Å². The van der Waals surface area contributed by atoms with Crippen LogP contribution < -0.4 is 10.1 Å². The van der Waals surface area contributed by atoms with Crippen molar-refractivity contribution in [1.29, 1.82) is 0 Å². The molecule has 0 aliphatic heterocycles. The third kappa shape index (κ3) is 6.50. The predicted molar refractivity (Wildman–Crippen MR) is 167 cm³/mol. The number of nitrogens with zero attached hydrogens (tertiary/aromatic N) is 2. The van der Waals surface area contributed by atoms with Gasteiger partial charge in [0.15, 0.2) is 5.82 Å². The number of carboxylic acids is 1. The number of rotatable bonds is 10. The van der Waals surface area contributed by atoms with Crippen molar-refractivity contribution in [3.05, 3.63) is 106 Å². The second kappa shape index (κ2) is 12.9. The molecule has 5 rings (SSSR count). The van der Waals surface area contributed by atoms with E-state index in [4.69, 9.17) is 38.1 Å². The first kappa shape index (κ1) is 30.1. The van der Waals surface area contributed by atoms with Crippen molar-refractivity contribution >= 4 is 45.9 Å². The van der Waals surface area contributed by atoms with Gasteiger partial charge in [-0.2, -0.15) is 5.10 Å². The van der Waals surface area contributed by atoms with E-state index < -0.39 is 11.8 Å². The van der Waals surface area contributed by atoms with Crippen molar-refractivity contribution in [1.82, 2.24) is 15.1 Å². The molecule has 0 aliphatic carbocycles. The van der Waals surface area contributed by atoms with E-state index in [2.05, 4.69) is 5.32 Å². The lowest BCUT2D eigenvalue weighted by Crippen LogP contribution is -2.26. The summed E-state index contributed by atoms with van der Waals surface area (Å²) in [5.41, 5.74) is 2.69. The van der Waals surface area contributed by atoms with Crippen LogP contribution in [0.2, 0.25) is 10.0 Å². The number of ether oxygens (including phenoxy) is 1. The van der Waals surface area contributed by atoms with E-state index in [1.807, 2.05) is 43.3 Å². The van der Waals surface area contributed by atoms with Crippen LogP contribution in [0.3, 0.4) is 0 Å². The van der Waals surface area contributed by atoms with E-state index in [0.29, 0.717) is 38.9 Å². The molecule has 5 aromatic rings. The maximum Gasteiger partial charge on any atom is 0.305 e. The van der Waals surface area contributed by atoms with Crippen LogP contribution in [-0.4, -0.2) is 40.4 Å². The van der Waals surface area contributed by atoms with Crippen LogP contribution in [0.5, 0.6) is 5.75 Å². The Hall–Kier alpha value is -4.40. The molecule has 7 nitrogen and oxygen atoms in total. The Morgan fingerprint density at radius 1 is 0.953 bits per heavy atom. The maximum atomic E-state index is 16.5. The molecule has 0 spiro atoms. The first-order valence-corrected chi connectivity index (χ1v) is 14.4. The number of carbonyl (C=O) groups is 2. The number of aromatic nitrogens is 2. The molecule has 1 amide bonds. The van der Waals surface area contributed by atoms with Crippen molar-refractivity contribution in [3.63, 3.8) is 0 Å². The lowest BCUT2D eigenvalue weighted by molar-refractivity contribution is -0.136. The number of methoxy groups -OCH3 is 1. The van der Waals surface area contributed by atoms with Gasteiger partial charge in [0, 0.05) is 33.3 Å². The average Bonchev–Trinajstić information content (AvgIpc) is 3.33. The second-order valence-electron chi connectivity index (χ2n) is 9.99. The lowest BCUT2D eigenvalue weighted by atomic mass is 10.00. The van der Waals surface area contributed by atoms with Crippen molar-refractivity contribution in [2.75, 3.05) is 13.7 Å². The van der Waals surface area contributed by atoms with E-state index in [0.717, 1.165) is 22.1 Å². The Labute approximate surface area is 257 Å². The molecule has 0 fully saturated rings. The quantitative estimate of drug-likeness (QED) is 0.165. The molecule has 1 unspecified atom stereocenters. The van der Waals surface area contributed by atoms with Gasteiger partial charge in [-0.3, -0.25) is 14.3 Å². The summed E-state index contributed by atoms with van der Waals surface area (Å²) in [5.74, 6) is -1.16. The number of halogens is 3. The highest BCUT2D eigenvalue weighted by Gasteiger charge is 2.26. The van der Waals surface area contributed by atoms with Crippen molar-refractivity contribution in [2.45, 2.75) is 25.8 Å². The summed E-state index contributed by atoms with van der Waals surface area (Å²) in [6.07, 6.45) is 0.399. The Morgan fingerprint density at radius 3 is 2.28 bits per heavy atom. The fraction of sp³-hybridized carbons (Fsp3) is 0.182.